The molecule has 0 spiro atoms. The quantitative estimate of drug-likeness (QED) is 0.679. The van der Waals surface area contributed by atoms with E-state index in [4.69, 9.17) is 9.47 Å². The van der Waals surface area contributed by atoms with Crippen LogP contribution in [0.2, 0.25) is 0 Å². The number of ether oxygens (including phenoxy) is 2. The van der Waals surface area contributed by atoms with Crippen molar-refractivity contribution in [2.45, 2.75) is 40.5 Å². The molecule has 0 fully saturated rings. The molecule has 0 aliphatic rings. The maximum Gasteiger partial charge on any atom is 0.338 e. The second-order valence-corrected chi connectivity index (χ2v) is 5.80. The van der Waals surface area contributed by atoms with Crippen LogP contribution in [0.4, 0.5) is 0 Å². The number of carbonyl (C=O) groups excluding carboxylic acids is 2. The lowest BCUT2D eigenvalue weighted by Crippen LogP contribution is -2.14. The van der Waals surface area contributed by atoms with Crippen LogP contribution in [-0.4, -0.2) is 25.2 Å². The van der Waals surface area contributed by atoms with E-state index in [1.807, 2.05) is 27.7 Å². The van der Waals surface area contributed by atoms with E-state index in [9.17, 15) is 9.59 Å². The van der Waals surface area contributed by atoms with E-state index in [2.05, 4.69) is 0 Å². The summed E-state index contributed by atoms with van der Waals surface area (Å²) in [6.07, 6.45) is 1.91. The first kappa shape index (κ1) is 18.2. The summed E-state index contributed by atoms with van der Waals surface area (Å²) in [6.45, 7) is 8.92. The molecular formula is C18H26O4. The lowest BCUT2D eigenvalue weighted by molar-refractivity contribution is 0.0445. The highest BCUT2D eigenvalue weighted by molar-refractivity contribution is 5.95. The largest absolute Gasteiger partial charge is 0.462 e. The summed E-state index contributed by atoms with van der Waals surface area (Å²) in [5, 5.41) is 0. The van der Waals surface area contributed by atoms with Crippen molar-refractivity contribution in [2.75, 3.05) is 13.2 Å². The first-order valence-electron chi connectivity index (χ1n) is 7.92. The highest BCUT2D eigenvalue weighted by Crippen LogP contribution is 2.11. The van der Waals surface area contributed by atoms with Crippen LogP contribution in [0.15, 0.2) is 24.3 Å². The molecule has 22 heavy (non-hydrogen) atoms. The van der Waals surface area contributed by atoms with Crippen molar-refractivity contribution in [1.29, 1.82) is 0 Å². The van der Waals surface area contributed by atoms with Crippen LogP contribution < -0.4 is 0 Å². The SMILES string of the molecule is CCC(C)COC(=O)c1cccc(C(=O)OCC(C)CC)c1. The monoisotopic (exact) mass is 306 g/mol. The second kappa shape index (κ2) is 9.23. The molecule has 0 aliphatic heterocycles. The Morgan fingerprint density at radius 2 is 1.32 bits per heavy atom. The third-order valence-electron chi connectivity index (χ3n) is 3.73. The first-order chi connectivity index (χ1) is 10.5. The molecule has 0 saturated heterocycles. The van der Waals surface area contributed by atoms with Crippen molar-refractivity contribution in [3.05, 3.63) is 35.4 Å². The Balaban J connectivity index is 2.64. The molecule has 0 N–H and O–H groups in total. The molecule has 2 unspecified atom stereocenters. The number of hydrogen-bond acceptors (Lipinski definition) is 4. The van der Waals surface area contributed by atoms with Crippen molar-refractivity contribution in [1.82, 2.24) is 0 Å². The summed E-state index contributed by atoms with van der Waals surface area (Å²) in [7, 11) is 0. The van der Waals surface area contributed by atoms with Gasteiger partial charge in [0.2, 0.25) is 0 Å². The molecule has 1 aromatic rings. The van der Waals surface area contributed by atoms with E-state index in [0.29, 0.717) is 36.2 Å². The molecule has 122 valence electrons. The van der Waals surface area contributed by atoms with Crippen molar-refractivity contribution in [2.24, 2.45) is 11.8 Å². The fourth-order valence-corrected chi connectivity index (χ4v) is 1.61. The third kappa shape index (κ3) is 5.88. The van der Waals surface area contributed by atoms with Gasteiger partial charge in [-0.25, -0.2) is 9.59 Å². The molecule has 0 radical (unpaired) electrons. The lowest BCUT2D eigenvalue weighted by Gasteiger charge is -2.11. The molecule has 4 heteroatoms. The molecule has 1 aromatic carbocycles. The van der Waals surface area contributed by atoms with Gasteiger partial charge < -0.3 is 9.47 Å². The van der Waals surface area contributed by atoms with Crippen molar-refractivity contribution in [3.8, 4) is 0 Å². The summed E-state index contributed by atoms with van der Waals surface area (Å²) < 4.78 is 10.5. The van der Waals surface area contributed by atoms with Gasteiger partial charge in [0.25, 0.3) is 0 Å². The molecule has 0 bridgehead atoms. The van der Waals surface area contributed by atoms with Crippen molar-refractivity contribution in [3.63, 3.8) is 0 Å². The fraction of sp³-hybridized carbons (Fsp3) is 0.556. The van der Waals surface area contributed by atoms with Gasteiger partial charge in [0.05, 0.1) is 24.3 Å². The molecule has 0 saturated carbocycles. The zero-order valence-corrected chi connectivity index (χ0v) is 13.9. The third-order valence-corrected chi connectivity index (χ3v) is 3.73. The van der Waals surface area contributed by atoms with Crippen LogP contribution in [0.3, 0.4) is 0 Å². The molecule has 1 rings (SSSR count). The summed E-state index contributed by atoms with van der Waals surface area (Å²) in [5.74, 6) is -0.158. The zero-order chi connectivity index (χ0) is 16.5. The summed E-state index contributed by atoms with van der Waals surface area (Å²) in [6, 6.07) is 6.48. The van der Waals surface area contributed by atoms with E-state index >= 15 is 0 Å². The summed E-state index contributed by atoms with van der Waals surface area (Å²) >= 11 is 0. The second-order valence-electron chi connectivity index (χ2n) is 5.80. The van der Waals surface area contributed by atoms with Gasteiger partial charge in [0, 0.05) is 0 Å². The Morgan fingerprint density at radius 1 is 0.909 bits per heavy atom. The standard InChI is InChI=1S/C18H26O4/c1-5-13(3)11-21-17(19)15-8-7-9-16(10-15)18(20)22-12-14(4)6-2/h7-10,13-14H,5-6,11-12H2,1-4H3. The molecule has 0 aliphatic carbocycles. The van der Waals surface area contributed by atoms with Crippen LogP contribution in [0.25, 0.3) is 0 Å². The predicted octanol–water partition coefficient (Wildman–Crippen LogP) is 4.09. The van der Waals surface area contributed by atoms with Crippen LogP contribution in [0.1, 0.15) is 61.3 Å². The number of hydrogen-bond donors (Lipinski definition) is 0. The Labute approximate surface area is 132 Å². The number of rotatable bonds is 8. The van der Waals surface area contributed by atoms with E-state index in [0.717, 1.165) is 12.8 Å². The minimum absolute atomic E-state index is 0.327. The molecule has 4 nitrogen and oxygen atoms in total. The summed E-state index contributed by atoms with van der Waals surface area (Å²) in [5.41, 5.74) is 0.752. The van der Waals surface area contributed by atoms with E-state index in [1.54, 1.807) is 18.2 Å². The number of carbonyl (C=O) groups is 2. The fourth-order valence-electron chi connectivity index (χ4n) is 1.61. The van der Waals surface area contributed by atoms with E-state index in [-0.39, 0.29) is 0 Å². The topological polar surface area (TPSA) is 52.6 Å². The first-order valence-corrected chi connectivity index (χ1v) is 7.92. The van der Waals surface area contributed by atoms with Gasteiger partial charge in [-0.15, -0.1) is 0 Å². The molecule has 2 atom stereocenters. The van der Waals surface area contributed by atoms with Crippen LogP contribution in [0, 0.1) is 11.8 Å². The molecule has 0 heterocycles. The van der Waals surface area contributed by atoms with Gasteiger partial charge in [-0.2, -0.15) is 0 Å². The van der Waals surface area contributed by atoms with Crippen LogP contribution in [0.5, 0.6) is 0 Å². The zero-order valence-electron chi connectivity index (χ0n) is 13.9. The van der Waals surface area contributed by atoms with Crippen LogP contribution in [-0.2, 0) is 9.47 Å². The van der Waals surface area contributed by atoms with Gasteiger partial charge in [0.1, 0.15) is 0 Å². The highest BCUT2D eigenvalue weighted by Gasteiger charge is 2.14. The Hall–Kier alpha value is -1.84. The Bertz CT molecular complexity index is 454. The highest BCUT2D eigenvalue weighted by atomic mass is 16.5. The van der Waals surface area contributed by atoms with Gasteiger partial charge in [0.15, 0.2) is 0 Å². The maximum absolute atomic E-state index is 12.0. The van der Waals surface area contributed by atoms with E-state index in [1.165, 1.54) is 6.07 Å². The number of benzene rings is 1. The average Bonchev–Trinajstić information content (AvgIpc) is 2.56. The van der Waals surface area contributed by atoms with Gasteiger partial charge >= 0.3 is 11.9 Å². The maximum atomic E-state index is 12.0. The molecule has 0 aromatic heterocycles. The average molecular weight is 306 g/mol. The van der Waals surface area contributed by atoms with E-state index < -0.39 is 11.9 Å². The molecular weight excluding hydrogens is 280 g/mol. The summed E-state index contributed by atoms with van der Waals surface area (Å²) in [4.78, 5) is 24.0. The smallest absolute Gasteiger partial charge is 0.338 e. The Kier molecular flexibility index (Phi) is 7.64. The van der Waals surface area contributed by atoms with Gasteiger partial charge in [-0.3, -0.25) is 0 Å². The normalized spacial score (nSPS) is 13.3. The minimum Gasteiger partial charge on any atom is -0.462 e. The Morgan fingerprint density at radius 3 is 1.68 bits per heavy atom. The van der Waals surface area contributed by atoms with Gasteiger partial charge in [-0.05, 0) is 30.0 Å². The number of esters is 2. The minimum atomic E-state index is -0.406. The molecule has 0 amide bonds. The van der Waals surface area contributed by atoms with Crippen molar-refractivity contribution >= 4 is 11.9 Å². The van der Waals surface area contributed by atoms with Crippen molar-refractivity contribution < 1.29 is 19.1 Å². The lowest BCUT2D eigenvalue weighted by atomic mass is 10.1. The predicted molar refractivity (Wildman–Crippen MR) is 85.9 cm³/mol. The van der Waals surface area contributed by atoms with Gasteiger partial charge in [-0.1, -0.05) is 46.6 Å². The van der Waals surface area contributed by atoms with Crippen LogP contribution >= 0.6 is 0 Å².